The van der Waals surface area contributed by atoms with Crippen molar-refractivity contribution in [1.82, 2.24) is 29.9 Å². The minimum Gasteiger partial charge on any atom is -0.342 e. The molecule has 146 valence electrons. The second-order valence-electron chi connectivity index (χ2n) is 6.77. The van der Waals surface area contributed by atoms with Crippen LogP contribution in [0.15, 0.2) is 35.6 Å². The molecule has 1 amide bonds. The number of hydrogen-bond acceptors (Lipinski definition) is 6. The number of carbonyl (C=O) groups is 1. The predicted octanol–water partition coefficient (Wildman–Crippen LogP) is 2.90. The Kier molecular flexibility index (Phi) is 5.80. The molecule has 0 spiro atoms. The number of nitrogens with zero attached hydrogens (tertiary/aromatic N) is 6. The SMILES string of the molecule is O=C(CSc1ncnc2c1nnn2Cc1ccccc1F)N1CCCCCC1. The van der Waals surface area contributed by atoms with E-state index in [0.29, 0.717) is 27.5 Å². The molecule has 7 nitrogen and oxygen atoms in total. The summed E-state index contributed by atoms with van der Waals surface area (Å²) in [4.78, 5) is 23.0. The standard InChI is InChI=1S/C19H21FN6OS/c20-15-8-4-3-7-14(15)11-26-18-17(23-24-26)19(22-13-21-18)28-12-16(27)25-9-5-1-2-6-10-25/h3-4,7-8,13H,1-2,5-6,9-12H2. The van der Waals surface area contributed by atoms with Crippen molar-refractivity contribution in [2.75, 3.05) is 18.8 Å². The fourth-order valence-electron chi connectivity index (χ4n) is 3.31. The normalized spacial score (nSPS) is 15.0. The zero-order chi connectivity index (χ0) is 19.3. The van der Waals surface area contributed by atoms with Crippen LogP contribution in [0.4, 0.5) is 4.39 Å². The molecule has 1 saturated heterocycles. The van der Waals surface area contributed by atoms with Gasteiger partial charge in [0.15, 0.2) is 11.2 Å². The first-order valence-corrected chi connectivity index (χ1v) is 10.4. The van der Waals surface area contributed by atoms with Gasteiger partial charge in [0.05, 0.1) is 12.3 Å². The van der Waals surface area contributed by atoms with Crippen molar-refractivity contribution in [2.45, 2.75) is 37.3 Å². The number of benzene rings is 1. The van der Waals surface area contributed by atoms with Gasteiger partial charge in [-0.15, -0.1) is 5.10 Å². The quantitative estimate of drug-likeness (QED) is 0.484. The Morgan fingerprint density at radius 2 is 1.89 bits per heavy atom. The molecule has 1 fully saturated rings. The summed E-state index contributed by atoms with van der Waals surface area (Å²) in [5.41, 5.74) is 1.58. The highest BCUT2D eigenvalue weighted by molar-refractivity contribution is 8.00. The third-order valence-electron chi connectivity index (χ3n) is 4.84. The molecule has 4 rings (SSSR count). The van der Waals surface area contributed by atoms with Gasteiger partial charge >= 0.3 is 0 Å². The van der Waals surface area contributed by atoms with Crippen LogP contribution in [0.5, 0.6) is 0 Å². The fraction of sp³-hybridized carbons (Fsp3) is 0.421. The van der Waals surface area contributed by atoms with E-state index in [0.717, 1.165) is 25.9 Å². The van der Waals surface area contributed by atoms with Gasteiger partial charge in [-0.3, -0.25) is 4.79 Å². The van der Waals surface area contributed by atoms with Crippen LogP contribution in [0.3, 0.4) is 0 Å². The summed E-state index contributed by atoms with van der Waals surface area (Å²) in [6.07, 6.45) is 5.95. The Hall–Kier alpha value is -2.55. The maximum atomic E-state index is 13.9. The molecule has 1 aromatic carbocycles. The lowest BCUT2D eigenvalue weighted by Crippen LogP contribution is -2.33. The number of carbonyl (C=O) groups excluding carboxylic acids is 1. The number of halogens is 1. The van der Waals surface area contributed by atoms with Gasteiger partial charge in [-0.05, 0) is 18.9 Å². The first kappa shape index (κ1) is 18.8. The van der Waals surface area contributed by atoms with Gasteiger partial charge in [0.25, 0.3) is 0 Å². The number of thioether (sulfide) groups is 1. The van der Waals surface area contributed by atoms with Crippen molar-refractivity contribution in [3.63, 3.8) is 0 Å². The third kappa shape index (κ3) is 4.14. The summed E-state index contributed by atoms with van der Waals surface area (Å²) in [6, 6.07) is 6.55. The van der Waals surface area contributed by atoms with Crippen LogP contribution < -0.4 is 0 Å². The Labute approximate surface area is 166 Å². The lowest BCUT2D eigenvalue weighted by molar-refractivity contribution is -0.128. The van der Waals surface area contributed by atoms with Gasteiger partial charge in [0.1, 0.15) is 17.2 Å². The molecular weight excluding hydrogens is 379 g/mol. The average molecular weight is 400 g/mol. The highest BCUT2D eigenvalue weighted by Gasteiger charge is 2.18. The van der Waals surface area contributed by atoms with Crippen molar-refractivity contribution < 1.29 is 9.18 Å². The molecule has 0 aliphatic carbocycles. The first-order valence-electron chi connectivity index (χ1n) is 9.40. The molecule has 0 radical (unpaired) electrons. The first-order chi connectivity index (χ1) is 13.7. The number of rotatable bonds is 5. The Bertz CT molecular complexity index is 970. The van der Waals surface area contributed by atoms with Gasteiger partial charge in [0.2, 0.25) is 5.91 Å². The number of hydrogen-bond donors (Lipinski definition) is 0. The van der Waals surface area contributed by atoms with Crippen molar-refractivity contribution in [2.24, 2.45) is 0 Å². The maximum absolute atomic E-state index is 13.9. The number of amides is 1. The van der Waals surface area contributed by atoms with E-state index in [-0.39, 0.29) is 18.3 Å². The summed E-state index contributed by atoms with van der Waals surface area (Å²) >= 11 is 1.35. The summed E-state index contributed by atoms with van der Waals surface area (Å²) in [6.45, 7) is 1.89. The van der Waals surface area contributed by atoms with E-state index in [1.807, 2.05) is 4.90 Å². The van der Waals surface area contributed by atoms with E-state index >= 15 is 0 Å². The monoisotopic (exact) mass is 400 g/mol. The number of likely N-dealkylation sites (tertiary alicyclic amines) is 1. The third-order valence-corrected chi connectivity index (χ3v) is 5.80. The summed E-state index contributed by atoms with van der Waals surface area (Å²) in [5.74, 6) is 0.141. The van der Waals surface area contributed by atoms with Crippen molar-refractivity contribution >= 4 is 28.8 Å². The van der Waals surface area contributed by atoms with E-state index in [4.69, 9.17) is 0 Å². The number of aromatic nitrogens is 5. The van der Waals surface area contributed by atoms with Crippen LogP contribution in [0.1, 0.15) is 31.2 Å². The van der Waals surface area contributed by atoms with E-state index in [1.165, 1.54) is 37.0 Å². The second kappa shape index (κ2) is 8.64. The van der Waals surface area contributed by atoms with Gasteiger partial charge in [0, 0.05) is 18.7 Å². The van der Waals surface area contributed by atoms with Crippen LogP contribution in [-0.4, -0.2) is 54.6 Å². The lowest BCUT2D eigenvalue weighted by atomic mass is 10.2. The molecule has 28 heavy (non-hydrogen) atoms. The summed E-state index contributed by atoms with van der Waals surface area (Å²) in [7, 11) is 0. The minimum absolute atomic E-state index is 0.123. The van der Waals surface area contributed by atoms with E-state index in [2.05, 4.69) is 20.3 Å². The Morgan fingerprint density at radius 1 is 1.11 bits per heavy atom. The second-order valence-corrected chi connectivity index (χ2v) is 7.74. The Balaban J connectivity index is 1.48. The molecule has 1 aliphatic rings. The topological polar surface area (TPSA) is 76.8 Å². The number of fused-ring (bicyclic) bond motifs is 1. The molecule has 3 aromatic rings. The molecule has 0 atom stereocenters. The molecule has 1 aliphatic heterocycles. The van der Waals surface area contributed by atoms with Crippen molar-refractivity contribution in [3.05, 3.63) is 42.0 Å². The van der Waals surface area contributed by atoms with Crippen LogP contribution >= 0.6 is 11.8 Å². The highest BCUT2D eigenvalue weighted by atomic mass is 32.2. The fourth-order valence-corrected chi connectivity index (χ4v) is 4.15. The molecule has 0 saturated carbocycles. The molecule has 2 aromatic heterocycles. The smallest absolute Gasteiger partial charge is 0.232 e. The minimum atomic E-state index is -0.294. The predicted molar refractivity (Wildman–Crippen MR) is 104 cm³/mol. The van der Waals surface area contributed by atoms with Gasteiger partial charge in [-0.25, -0.2) is 19.0 Å². The average Bonchev–Trinajstić information content (AvgIpc) is 2.93. The van der Waals surface area contributed by atoms with Crippen molar-refractivity contribution in [1.29, 1.82) is 0 Å². The largest absolute Gasteiger partial charge is 0.342 e. The molecule has 0 bridgehead atoms. The molecule has 0 unspecified atom stereocenters. The molecular formula is C19H21FN6OS. The van der Waals surface area contributed by atoms with Gasteiger partial charge in [-0.2, -0.15) is 0 Å². The van der Waals surface area contributed by atoms with Gasteiger partial charge in [-0.1, -0.05) is 48.0 Å². The summed E-state index contributed by atoms with van der Waals surface area (Å²) in [5, 5.41) is 8.90. The van der Waals surface area contributed by atoms with Crippen LogP contribution in [0, 0.1) is 5.82 Å². The highest BCUT2D eigenvalue weighted by Crippen LogP contribution is 2.24. The Morgan fingerprint density at radius 3 is 2.68 bits per heavy atom. The zero-order valence-corrected chi connectivity index (χ0v) is 16.2. The van der Waals surface area contributed by atoms with Crippen LogP contribution in [0.25, 0.3) is 11.2 Å². The molecule has 9 heteroatoms. The van der Waals surface area contributed by atoms with Crippen LogP contribution in [0.2, 0.25) is 0 Å². The van der Waals surface area contributed by atoms with E-state index in [9.17, 15) is 9.18 Å². The van der Waals surface area contributed by atoms with Crippen molar-refractivity contribution in [3.8, 4) is 0 Å². The zero-order valence-electron chi connectivity index (χ0n) is 15.4. The maximum Gasteiger partial charge on any atom is 0.232 e. The van der Waals surface area contributed by atoms with Crippen LogP contribution in [-0.2, 0) is 11.3 Å². The van der Waals surface area contributed by atoms with E-state index < -0.39 is 0 Å². The van der Waals surface area contributed by atoms with Gasteiger partial charge < -0.3 is 4.90 Å². The van der Waals surface area contributed by atoms with E-state index in [1.54, 1.807) is 22.9 Å². The molecule has 0 N–H and O–H groups in total. The summed E-state index contributed by atoms with van der Waals surface area (Å²) < 4.78 is 15.5. The molecule has 3 heterocycles. The lowest BCUT2D eigenvalue weighted by Gasteiger charge is -2.19.